The number of carbonyl (C=O) groups is 2. The molecule has 8 heterocycles. The number of rotatable bonds is 24. The molecule has 8 rings (SSSR count). The summed E-state index contributed by atoms with van der Waals surface area (Å²) >= 11 is 0. The predicted octanol–water partition coefficient (Wildman–Crippen LogP) is -18.2. The predicted molar refractivity (Wildman–Crippen MR) is 288 cm³/mol. The van der Waals surface area contributed by atoms with Gasteiger partial charge in [0.05, 0.1) is 52.9 Å². The van der Waals surface area contributed by atoms with E-state index < -0.39 is 310 Å². The van der Waals surface area contributed by atoms with Crippen LogP contribution in [0, 0.1) is 0 Å². The van der Waals surface area contributed by atoms with Gasteiger partial charge in [0, 0.05) is 13.8 Å². The summed E-state index contributed by atoms with van der Waals surface area (Å²) in [6.07, 6.45) is -76.6. The van der Waals surface area contributed by atoms with Gasteiger partial charge in [-0.1, -0.05) is 0 Å². The molecule has 26 N–H and O–H groups in total. The van der Waals surface area contributed by atoms with E-state index in [1.54, 1.807) is 0 Å². The van der Waals surface area contributed by atoms with Crippen LogP contribution in [0.3, 0.4) is 0 Å². The standard InChI is InChI=1S/C52H88N2O41/c1-11(61)53-21-29(69)40(17(7-59)83-45(21)80)91-51-39(79)43(28(68)20(90-51)10-82-48-36(76)33(73)26(66)19(89-48)9-81-47-35(75)31(71)23(63)13(3-55)84-47)94-52-44(34(74)25(65)15(5-57)87-52)95-46-22(54-12(2)62)30(70)41(18(8-60)88-46)92-50-38(78)42(27(67)16(6-58)86-50)93-49-37(77)32(72)24(64)14(4-56)85-49/h13-52,55-60,63-80H,3-10H2,1-2H3,(H,53,61)(H,54,62)/t13-,14-,15-,16-,17-,18-,19-,20-,21-,22-,23-,24+,25-,26-,27+,28-,29-,30-,31+,32+,33+,34+,35+,36+,37-,38-,39+,40-,41-,42+,43+,44+,45?,46+,47+,48+,49-,50+,51+,52-/m1/s1. The Hall–Kier alpha value is -2.62. The molecule has 0 aromatic rings. The zero-order chi connectivity index (χ0) is 69.9. The van der Waals surface area contributed by atoms with Crippen molar-refractivity contribution in [3.8, 4) is 0 Å². The summed E-state index contributed by atoms with van der Waals surface area (Å²) in [5.74, 6) is -1.77. The molecule has 40 atom stereocenters. The van der Waals surface area contributed by atoms with E-state index in [-0.39, 0.29) is 0 Å². The summed E-state index contributed by atoms with van der Waals surface area (Å²) in [7, 11) is 0. The van der Waals surface area contributed by atoms with Crippen LogP contribution in [0.25, 0.3) is 0 Å². The van der Waals surface area contributed by atoms with Crippen LogP contribution in [0.15, 0.2) is 0 Å². The molecule has 0 aromatic heterocycles. The van der Waals surface area contributed by atoms with Gasteiger partial charge in [0.25, 0.3) is 0 Å². The average Bonchev–Trinajstić information content (AvgIpc) is 0.773. The van der Waals surface area contributed by atoms with Crippen molar-refractivity contribution in [3.63, 3.8) is 0 Å². The highest BCUT2D eigenvalue weighted by molar-refractivity contribution is 5.73. The molecule has 43 heteroatoms. The molecule has 0 spiro atoms. The molecule has 43 nitrogen and oxygen atoms in total. The third-order valence-electron chi connectivity index (χ3n) is 17.4. The molecule has 95 heavy (non-hydrogen) atoms. The number of amides is 2. The van der Waals surface area contributed by atoms with E-state index in [2.05, 4.69) is 10.6 Å². The smallest absolute Gasteiger partial charge is 0.217 e. The van der Waals surface area contributed by atoms with Gasteiger partial charge in [0.1, 0.15) is 195 Å². The zero-order valence-electron chi connectivity index (χ0n) is 50.4. The first kappa shape index (κ1) is 78.1. The largest absolute Gasteiger partial charge is 0.394 e. The van der Waals surface area contributed by atoms with E-state index in [9.17, 15) is 132 Å². The Balaban J connectivity index is 1.05. The summed E-state index contributed by atoms with van der Waals surface area (Å²) in [6, 6.07) is -3.66. The quantitative estimate of drug-likeness (QED) is 0.0427. The van der Waals surface area contributed by atoms with Crippen LogP contribution in [0.2, 0.25) is 0 Å². The topological polar surface area (TPSA) is 682 Å². The van der Waals surface area contributed by atoms with Gasteiger partial charge < -0.3 is 204 Å². The Bertz CT molecular complexity index is 2380. The lowest BCUT2D eigenvalue weighted by Gasteiger charge is -2.51. The molecule has 8 fully saturated rings. The van der Waals surface area contributed by atoms with Gasteiger partial charge in [-0.25, -0.2) is 0 Å². The van der Waals surface area contributed by atoms with Gasteiger partial charge in [-0.05, 0) is 0 Å². The highest BCUT2D eigenvalue weighted by Gasteiger charge is 2.59. The number of hydrogen-bond donors (Lipinski definition) is 26. The van der Waals surface area contributed by atoms with Gasteiger partial charge in [0.15, 0.2) is 50.3 Å². The SMILES string of the molecule is CC(=O)N[C@H]1[C@H](O[C@@H]2[C@@H](O[C@@H]3[C@H](O)[C@H](O[C@H]4[C@H](O)[C@@H](NC(C)=O)C(O)O[C@@H]4CO)O[C@H](CO[C@H]4O[C@H](CO[C@H]5O[C@H](CO)[C@@H](O)[C@H](O)[C@@H]5O)[C@@H](O)[C@H](O)[C@@H]4O)[C@H]3O)O[C@H](CO)[C@@H](O)[C@@H]2O)O[C@H](CO)[C@@H](O[C@@H]2O[C@H](CO)[C@H](O)[C@H](O[C@H]3O[C@H](CO)[C@H](O)[C@H](O)[C@H]3O)[C@H]2O)[C@@H]1O. The van der Waals surface area contributed by atoms with E-state index >= 15 is 0 Å². The Morgan fingerprint density at radius 3 is 1.03 bits per heavy atom. The normalized spacial score (nSPS) is 50.8. The molecule has 2 amide bonds. The Morgan fingerprint density at radius 1 is 0.274 bits per heavy atom. The van der Waals surface area contributed by atoms with Crippen LogP contribution in [0.4, 0.5) is 0 Å². The summed E-state index contributed by atoms with van der Waals surface area (Å²) in [4.78, 5) is 25.1. The fraction of sp³-hybridized carbons (Fsp3) is 0.962. The molecular weight excluding hydrogens is 1310 g/mol. The number of nitrogens with one attached hydrogen (secondary N) is 2. The Morgan fingerprint density at radius 2 is 0.568 bits per heavy atom. The summed E-state index contributed by atoms with van der Waals surface area (Å²) in [5, 5.41) is 265. The maximum Gasteiger partial charge on any atom is 0.217 e. The minimum Gasteiger partial charge on any atom is -0.394 e. The van der Waals surface area contributed by atoms with Crippen molar-refractivity contribution in [2.24, 2.45) is 0 Å². The van der Waals surface area contributed by atoms with Crippen molar-refractivity contribution in [1.29, 1.82) is 0 Å². The minimum absolute atomic E-state index is 0.811. The lowest BCUT2D eigenvalue weighted by Crippen LogP contribution is -2.70. The molecular formula is C52H88N2O41. The lowest BCUT2D eigenvalue weighted by atomic mass is 9.94. The molecule has 8 aliphatic heterocycles. The maximum absolute atomic E-state index is 12.9. The van der Waals surface area contributed by atoms with Crippen LogP contribution in [0.5, 0.6) is 0 Å². The zero-order valence-corrected chi connectivity index (χ0v) is 50.4. The highest BCUT2D eigenvalue weighted by Crippen LogP contribution is 2.38. The third kappa shape index (κ3) is 17.0. The first-order chi connectivity index (χ1) is 44.9. The highest BCUT2D eigenvalue weighted by atomic mass is 16.8. The van der Waals surface area contributed by atoms with Gasteiger partial charge in [0.2, 0.25) is 11.8 Å². The van der Waals surface area contributed by atoms with Crippen molar-refractivity contribution >= 4 is 11.8 Å². The van der Waals surface area contributed by atoms with Gasteiger partial charge in [-0.3, -0.25) is 9.59 Å². The number of aliphatic hydroxyl groups is 24. The van der Waals surface area contributed by atoms with E-state index in [0.717, 1.165) is 13.8 Å². The summed E-state index contributed by atoms with van der Waals surface area (Å²) in [6.45, 7) is -6.08. The van der Waals surface area contributed by atoms with Crippen LogP contribution < -0.4 is 10.6 Å². The van der Waals surface area contributed by atoms with Gasteiger partial charge in [-0.15, -0.1) is 0 Å². The van der Waals surface area contributed by atoms with Crippen molar-refractivity contribution in [2.75, 3.05) is 52.9 Å². The maximum atomic E-state index is 12.9. The number of carbonyl (C=O) groups excluding carboxylic acids is 2. The average molecular weight is 1400 g/mol. The molecule has 8 saturated heterocycles. The number of ether oxygens (including phenoxy) is 15. The summed E-state index contributed by atoms with van der Waals surface area (Å²) in [5.41, 5.74) is 0. The molecule has 1 unspecified atom stereocenters. The second-order valence-electron chi connectivity index (χ2n) is 23.9. The number of aliphatic hydroxyl groups excluding tert-OH is 24. The van der Waals surface area contributed by atoms with E-state index in [1.807, 2.05) is 0 Å². The van der Waals surface area contributed by atoms with Crippen molar-refractivity contribution in [1.82, 2.24) is 10.6 Å². The van der Waals surface area contributed by atoms with E-state index in [1.165, 1.54) is 0 Å². The van der Waals surface area contributed by atoms with Crippen molar-refractivity contribution < 1.29 is 203 Å². The fourth-order valence-corrected chi connectivity index (χ4v) is 12.1. The molecule has 0 aliphatic carbocycles. The fourth-order valence-electron chi connectivity index (χ4n) is 12.1. The molecule has 8 aliphatic rings. The second-order valence-corrected chi connectivity index (χ2v) is 23.9. The van der Waals surface area contributed by atoms with E-state index in [0.29, 0.717) is 0 Å². The molecule has 552 valence electrons. The van der Waals surface area contributed by atoms with Crippen LogP contribution in [0.1, 0.15) is 13.8 Å². The van der Waals surface area contributed by atoms with Gasteiger partial charge >= 0.3 is 0 Å². The summed E-state index contributed by atoms with van der Waals surface area (Å²) < 4.78 is 86.1. The first-order valence-electron chi connectivity index (χ1n) is 30.1. The van der Waals surface area contributed by atoms with Gasteiger partial charge in [-0.2, -0.15) is 0 Å². The third-order valence-corrected chi connectivity index (χ3v) is 17.4. The van der Waals surface area contributed by atoms with Crippen molar-refractivity contribution in [2.45, 2.75) is 259 Å². The molecule has 0 aromatic carbocycles. The van der Waals surface area contributed by atoms with Crippen LogP contribution in [-0.2, 0) is 80.6 Å². The molecule has 0 bridgehead atoms. The monoisotopic (exact) mass is 1400 g/mol. The minimum atomic E-state index is -2.42. The second kappa shape index (κ2) is 33.9. The van der Waals surface area contributed by atoms with Crippen molar-refractivity contribution in [3.05, 3.63) is 0 Å². The van der Waals surface area contributed by atoms with Crippen LogP contribution >= 0.6 is 0 Å². The Labute approximate surface area is 536 Å². The van der Waals surface area contributed by atoms with Crippen LogP contribution in [-0.4, -0.2) is 433 Å². The molecule has 0 saturated carbocycles. The van der Waals surface area contributed by atoms with E-state index in [4.69, 9.17) is 71.1 Å². The molecule has 0 radical (unpaired) electrons. The Kier molecular flexibility index (Phi) is 27.9. The number of hydrogen-bond acceptors (Lipinski definition) is 41. The first-order valence-corrected chi connectivity index (χ1v) is 30.1. The lowest BCUT2D eigenvalue weighted by molar-refractivity contribution is -0.398.